The Morgan fingerprint density at radius 1 is 1.21 bits per heavy atom. The molecule has 0 unspecified atom stereocenters. The second-order valence-electron chi connectivity index (χ2n) is 5.98. The molecule has 6 heteroatoms. The zero-order valence-electron chi connectivity index (χ0n) is 14.6. The van der Waals surface area contributed by atoms with Gasteiger partial charge in [0, 0.05) is 57.1 Å². The molecule has 0 saturated carbocycles. The third-order valence-electron chi connectivity index (χ3n) is 4.09. The Kier molecular flexibility index (Phi) is 9.02. The minimum absolute atomic E-state index is 0.147. The molecular weight excluding hydrogens is 322 g/mol. The first kappa shape index (κ1) is 19.1. The van der Waals surface area contributed by atoms with Gasteiger partial charge in [0.1, 0.15) is 0 Å². The summed E-state index contributed by atoms with van der Waals surface area (Å²) in [6.45, 7) is 4.93. The van der Waals surface area contributed by atoms with Crippen LogP contribution < -0.4 is 10.6 Å². The van der Waals surface area contributed by atoms with Crippen LogP contribution in [0.4, 0.5) is 10.5 Å². The van der Waals surface area contributed by atoms with Gasteiger partial charge in [-0.05, 0) is 37.0 Å². The number of nitrogens with zero attached hydrogens (tertiary/aromatic N) is 1. The molecule has 1 aromatic rings. The van der Waals surface area contributed by atoms with Gasteiger partial charge >= 0.3 is 6.03 Å². The van der Waals surface area contributed by atoms with E-state index in [9.17, 15) is 4.79 Å². The van der Waals surface area contributed by atoms with E-state index in [-0.39, 0.29) is 6.03 Å². The summed E-state index contributed by atoms with van der Waals surface area (Å²) in [5.41, 5.74) is 2.15. The number of amides is 2. The molecule has 1 saturated heterocycles. The van der Waals surface area contributed by atoms with Crippen molar-refractivity contribution in [1.82, 2.24) is 10.2 Å². The van der Waals surface area contributed by atoms with Crippen LogP contribution in [-0.4, -0.2) is 62.3 Å². The number of hydrogen-bond donors (Lipinski definition) is 2. The maximum Gasteiger partial charge on any atom is 0.319 e. The predicted octanol–water partition coefficient (Wildman–Crippen LogP) is 2.83. The topological polar surface area (TPSA) is 53.6 Å². The van der Waals surface area contributed by atoms with Gasteiger partial charge < -0.3 is 20.3 Å². The molecular formula is C18H29N3O2S. The van der Waals surface area contributed by atoms with Gasteiger partial charge in [-0.1, -0.05) is 12.1 Å². The highest BCUT2D eigenvalue weighted by Crippen LogP contribution is 2.13. The second-order valence-corrected chi connectivity index (χ2v) is 7.21. The molecule has 2 rings (SSSR count). The number of methoxy groups -OCH3 is 1. The highest BCUT2D eigenvalue weighted by molar-refractivity contribution is 7.99. The number of rotatable bonds is 9. The van der Waals surface area contributed by atoms with Gasteiger partial charge in [0.05, 0.1) is 0 Å². The lowest BCUT2D eigenvalue weighted by molar-refractivity contribution is 0.192. The molecule has 0 bridgehead atoms. The van der Waals surface area contributed by atoms with Gasteiger partial charge in [-0.15, -0.1) is 0 Å². The number of benzene rings is 1. The first-order chi connectivity index (χ1) is 11.8. The highest BCUT2D eigenvalue weighted by atomic mass is 32.2. The van der Waals surface area contributed by atoms with Crippen molar-refractivity contribution in [1.29, 1.82) is 0 Å². The molecule has 0 radical (unpaired) electrons. The molecule has 0 aromatic heterocycles. The van der Waals surface area contributed by atoms with E-state index in [1.165, 1.54) is 30.2 Å². The van der Waals surface area contributed by atoms with Gasteiger partial charge in [-0.25, -0.2) is 4.79 Å². The van der Waals surface area contributed by atoms with Gasteiger partial charge in [0.2, 0.25) is 0 Å². The van der Waals surface area contributed by atoms with Gasteiger partial charge in [-0.2, -0.15) is 11.8 Å². The molecule has 24 heavy (non-hydrogen) atoms. The van der Waals surface area contributed by atoms with Crippen LogP contribution in [0, 0.1) is 0 Å². The normalized spacial score (nSPS) is 15.2. The Labute approximate surface area is 149 Å². The molecule has 1 fully saturated rings. The zero-order valence-corrected chi connectivity index (χ0v) is 15.4. The Balaban J connectivity index is 1.64. The van der Waals surface area contributed by atoms with Crippen molar-refractivity contribution in [2.75, 3.05) is 56.7 Å². The summed E-state index contributed by atoms with van der Waals surface area (Å²) in [4.78, 5) is 14.3. The molecule has 0 spiro atoms. The minimum Gasteiger partial charge on any atom is -0.385 e. The van der Waals surface area contributed by atoms with Crippen molar-refractivity contribution >= 4 is 23.5 Å². The van der Waals surface area contributed by atoms with Crippen LogP contribution in [0.5, 0.6) is 0 Å². The summed E-state index contributed by atoms with van der Waals surface area (Å²) in [5.74, 6) is 2.51. The number of thioether (sulfide) groups is 1. The van der Waals surface area contributed by atoms with Crippen molar-refractivity contribution in [2.45, 2.75) is 19.3 Å². The van der Waals surface area contributed by atoms with E-state index < -0.39 is 0 Å². The second kappa shape index (κ2) is 11.3. The minimum atomic E-state index is -0.147. The summed E-state index contributed by atoms with van der Waals surface area (Å²) in [6.07, 6.45) is 2.95. The number of carbonyl (C=O) groups is 1. The van der Waals surface area contributed by atoms with E-state index >= 15 is 0 Å². The smallest absolute Gasteiger partial charge is 0.319 e. The molecule has 2 N–H and O–H groups in total. The molecule has 2 amide bonds. The average Bonchev–Trinajstić information content (AvgIpc) is 2.62. The first-order valence-electron chi connectivity index (χ1n) is 8.71. The van der Waals surface area contributed by atoms with E-state index in [4.69, 9.17) is 4.74 Å². The third-order valence-corrected chi connectivity index (χ3v) is 5.04. The van der Waals surface area contributed by atoms with E-state index in [0.29, 0.717) is 6.54 Å². The fourth-order valence-corrected chi connectivity index (χ4v) is 3.59. The van der Waals surface area contributed by atoms with E-state index in [1.807, 2.05) is 23.9 Å². The van der Waals surface area contributed by atoms with Gasteiger partial charge in [0.15, 0.2) is 0 Å². The number of carbonyl (C=O) groups excluding carboxylic acids is 1. The first-order valence-corrected chi connectivity index (χ1v) is 9.86. The Bertz CT molecular complexity index is 476. The summed E-state index contributed by atoms with van der Waals surface area (Å²) >= 11 is 2.04. The average molecular weight is 352 g/mol. The van der Waals surface area contributed by atoms with Gasteiger partial charge in [0.25, 0.3) is 0 Å². The number of hydrogen-bond acceptors (Lipinski definition) is 4. The molecule has 1 aliphatic rings. The summed E-state index contributed by atoms with van der Waals surface area (Å²) in [6, 6.07) is 8.02. The molecule has 5 nitrogen and oxygen atoms in total. The number of urea groups is 1. The van der Waals surface area contributed by atoms with Crippen molar-refractivity contribution in [3.8, 4) is 0 Å². The van der Waals surface area contributed by atoms with Gasteiger partial charge in [-0.3, -0.25) is 0 Å². The van der Waals surface area contributed by atoms with Crippen LogP contribution in [0.15, 0.2) is 24.3 Å². The number of nitrogens with one attached hydrogen (secondary N) is 2. The lowest BCUT2D eigenvalue weighted by Gasteiger charge is -2.26. The molecule has 134 valence electrons. The van der Waals surface area contributed by atoms with Crippen molar-refractivity contribution in [3.05, 3.63) is 29.8 Å². The lowest BCUT2D eigenvalue weighted by atomic mass is 10.1. The van der Waals surface area contributed by atoms with Crippen molar-refractivity contribution in [2.24, 2.45) is 0 Å². The summed E-state index contributed by atoms with van der Waals surface area (Å²) in [7, 11) is 1.69. The Morgan fingerprint density at radius 2 is 1.96 bits per heavy atom. The summed E-state index contributed by atoms with van der Waals surface area (Å²) in [5, 5.41) is 5.73. The van der Waals surface area contributed by atoms with Crippen LogP contribution in [-0.2, 0) is 11.2 Å². The quantitative estimate of drug-likeness (QED) is 0.672. The van der Waals surface area contributed by atoms with E-state index in [1.54, 1.807) is 7.11 Å². The number of unbranched alkanes of at least 4 members (excludes halogenated alkanes) is 1. The van der Waals surface area contributed by atoms with Crippen molar-refractivity contribution < 1.29 is 9.53 Å². The number of anilines is 1. The lowest BCUT2D eigenvalue weighted by Crippen LogP contribution is -2.34. The van der Waals surface area contributed by atoms with Crippen molar-refractivity contribution in [3.63, 3.8) is 0 Å². The summed E-state index contributed by atoms with van der Waals surface area (Å²) < 4.78 is 4.98. The number of ether oxygens (including phenoxy) is 1. The molecule has 1 aliphatic heterocycles. The maximum absolute atomic E-state index is 11.8. The maximum atomic E-state index is 11.8. The monoisotopic (exact) mass is 351 g/mol. The molecule has 0 atom stereocenters. The van der Waals surface area contributed by atoms with E-state index in [0.717, 1.165) is 38.1 Å². The predicted molar refractivity (Wildman–Crippen MR) is 102 cm³/mol. The van der Waals surface area contributed by atoms with Crippen LogP contribution >= 0.6 is 11.8 Å². The van der Waals surface area contributed by atoms with Crippen LogP contribution in [0.25, 0.3) is 0 Å². The fraction of sp³-hybridized carbons (Fsp3) is 0.611. The van der Waals surface area contributed by atoms with Crippen LogP contribution in [0.3, 0.4) is 0 Å². The fourth-order valence-electron chi connectivity index (χ4n) is 2.62. The Hall–Kier alpha value is -1.24. The highest BCUT2D eigenvalue weighted by Gasteiger charge is 2.09. The SMILES string of the molecule is COCCCCNC(=O)Nc1ccc(CCN2CCSCC2)cc1. The third kappa shape index (κ3) is 7.55. The molecule has 1 heterocycles. The van der Waals surface area contributed by atoms with Crippen LogP contribution in [0.2, 0.25) is 0 Å². The van der Waals surface area contributed by atoms with Crippen LogP contribution in [0.1, 0.15) is 18.4 Å². The molecule has 0 aliphatic carbocycles. The zero-order chi connectivity index (χ0) is 17.0. The largest absolute Gasteiger partial charge is 0.385 e. The standard InChI is InChI=1S/C18H29N3O2S/c1-23-13-3-2-9-19-18(22)20-17-6-4-16(5-7-17)8-10-21-11-14-24-15-12-21/h4-7H,2-3,8-15H2,1H3,(H2,19,20,22). The Morgan fingerprint density at radius 3 is 2.67 bits per heavy atom. The molecule has 1 aromatic carbocycles. The van der Waals surface area contributed by atoms with E-state index in [2.05, 4.69) is 27.7 Å².